The Morgan fingerprint density at radius 2 is 2.11 bits per heavy atom. The summed E-state index contributed by atoms with van der Waals surface area (Å²) < 4.78 is 8.12. The zero-order valence-corrected chi connectivity index (χ0v) is 17.0. The lowest BCUT2D eigenvalue weighted by Gasteiger charge is -2.16. The van der Waals surface area contributed by atoms with Crippen LogP contribution in [0.25, 0.3) is 11.2 Å². The van der Waals surface area contributed by atoms with Gasteiger partial charge in [0.05, 0.1) is 16.7 Å². The van der Waals surface area contributed by atoms with E-state index in [4.69, 9.17) is 10.5 Å². The molecule has 28 heavy (non-hydrogen) atoms. The summed E-state index contributed by atoms with van der Waals surface area (Å²) in [6.45, 7) is 0.198. The summed E-state index contributed by atoms with van der Waals surface area (Å²) in [5.74, 6) is 0.519. The monoisotopic (exact) mass is 470 g/mol. The largest absolute Gasteiger partial charge is 0.394 e. The van der Waals surface area contributed by atoms with Gasteiger partial charge in [0.1, 0.15) is 23.8 Å². The molecule has 1 aliphatic rings. The molecular formula is C16H19BrN6O4S. The number of thiophene rings is 1. The van der Waals surface area contributed by atoms with Crippen LogP contribution in [0, 0.1) is 0 Å². The maximum atomic E-state index is 10.3. The molecule has 4 rings (SSSR count). The molecule has 0 radical (unpaired) electrons. The first-order chi connectivity index (χ1) is 13.5. The van der Waals surface area contributed by atoms with Crippen molar-refractivity contribution < 1.29 is 20.1 Å². The maximum absolute atomic E-state index is 10.3. The van der Waals surface area contributed by atoms with Gasteiger partial charge in [-0.3, -0.25) is 4.57 Å². The molecule has 0 spiro atoms. The van der Waals surface area contributed by atoms with Crippen LogP contribution >= 0.6 is 27.3 Å². The summed E-state index contributed by atoms with van der Waals surface area (Å²) in [7, 11) is 0. The van der Waals surface area contributed by atoms with E-state index in [2.05, 4.69) is 36.2 Å². The van der Waals surface area contributed by atoms with Gasteiger partial charge in [-0.1, -0.05) is 0 Å². The van der Waals surface area contributed by atoms with Crippen molar-refractivity contribution in [2.24, 2.45) is 0 Å². The molecule has 1 fully saturated rings. The summed E-state index contributed by atoms with van der Waals surface area (Å²) in [4.78, 5) is 14.1. The Hall–Kier alpha value is -1.83. The maximum Gasteiger partial charge on any atom is 0.226 e. The van der Waals surface area contributed by atoms with Gasteiger partial charge in [0.15, 0.2) is 17.7 Å². The van der Waals surface area contributed by atoms with Crippen molar-refractivity contribution in [3.05, 3.63) is 27.1 Å². The second kappa shape index (κ2) is 7.89. The standard InChI is InChI=1S/C16H19BrN6O4S/c17-9-2-1-7(28-9)3-4-19-16-21-13(18)10-14(22-16)23(6-20-10)15-12(26)11(25)8(5-24)27-15/h1-2,6,8,11-12,15,24-26H,3-5H2,(H3,18,19,21,22)/t8-,11-,12-,15-/m1/s1. The minimum Gasteiger partial charge on any atom is -0.394 e. The predicted molar refractivity (Wildman–Crippen MR) is 107 cm³/mol. The van der Waals surface area contributed by atoms with Crippen molar-refractivity contribution in [1.82, 2.24) is 19.5 Å². The first kappa shape index (κ1) is 19.5. The summed E-state index contributed by atoms with van der Waals surface area (Å²) in [5, 5.41) is 32.7. The van der Waals surface area contributed by atoms with Crippen molar-refractivity contribution in [1.29, 1.82) is 0 Å². The Kier molecular flexibility index (Phi) is 5.49. The Bertz CT molecular complexity index is 981. The molecular weight excluding hydrogens is 452 g/mol. The van der Waals surface area contributed by atoms with E-state index in [-0.39, 0.29) is 5.82 Å². The van der Waals surface area contributed by atoms with Crippen LogP contribution in [0.5, 0.6) is 0 Å². The number of hydrogen-bond donors (Lipinski definition) is 5. The van der Waals surface area contributed by atoms with Crippen molar-refractivity contribution >= 4 is 50.2 Å². The van der Waals surface area contributed by atoms with E-state index in [1.54, 1.807) is 11.3 Å². The molecule has 4 atom stereocenters. The van der Waals surface area contributed by atoms with Crippen LogP contribution in [-0.2, 0) is 11.2 Å². The number of hydrogen-bond acceptors (Lipinski definition) is 10. The van der Waals surface area contributed by atoms with Crippen LogP contribution in [-0.4, -0.2) is 66.3 Å². The van der Waals surface area contributed by atoms with Crippen LogP contribution in [0.1, 0.15) is 11.1 Å². The van der Waals surface area contributed by atoms with Crippen molar-refractivity contribution in [2.75, 3.05) is 24.2 Å². The molecule has 1 saturated heterocycles. The van der Waals surface area contributed by atoms with Crippen molar-refractivity contribution in [3.8, 4) is 0 Å². The quantitative estimate of drug-likeness (QED) is 0.346. The molecule has 4 heterocycles. The predicted octanol–water partition coefficient (Wildman–Crippen LogP) is 0.499. The zero-order chi connectivity index (χ0) is 19.8. The molecule has 0 bridgehead atoms. The average Bonchev–Trinajstić information content (AvgIpc) is 3.35. The molecule has 6 N–H and O–H groups in total. The number of nitrogens with one attached hydrogen (secondary N) is 1. The summed E-state index contributed by atoms with van der Waals surface area (Å²) in [6, 6.07) is 4.05. The van der Waals surface area contributed by atoms with Crippen LogP contribution in [0.2, 0.25) is 0 Å². The number of aliphatic hydroxyl groups is 3. The fourth-order valence-electron chi connectivity index (χ4n) is 3.10. The van der Waals surface area contributed by atoms with E-state index in [0.717, 1.165) is 10.2 Å². The third kappa shape index (κ3) is 3.58. The van der Waals surface area contributed by atoms with Gasteiger partial charge in [-0.05, 0) is 34.5 Å². The molecule has 0 amide bonds. The Labute approximate surface area is 172 Å². The topological polar surface area (TPSA) is 152 Å². The van der Waals surface area contributed by atoms with Crippen LogP contribution in [0.15, 0.2) is 22.2 Å². The summed E-state index contributed by atoms with van der Waals surface area (Å²) in [6.07, 6.45) is -2.06. The first-order valence-electron chi connectivity index (χ1n) is 8.58. The minimum absolute atomic E-state index is 0.192. The first-order valence-corrected chi connectivity index (χ1v) is 10.2. The third-order valence-electron chi connectivity index (χ3n) is 4.52. The van der Waals surface area contributed by atoms with Gasteiger partial charge >= 0.3 is 0 Å². The number of ether oxygens (including phenoxy) is 1. The van der Waals surface area contributed by atoms with Gasteiger partial charge in [-0.25, -0.2) is 4.98 Å². The van der Waals surface area contributed by atoms with Gasteiger partial charge < -0.3 is 31.1 Å². The molecule has 0 unspecified atom stereocenters. The van der Waals surface area contributed by atoms with Crippen LogP contribution < -0.4 is 11.1 Å². The smallest absolute Gasteiger partial charge is 0.226 e. The molecule has 3 aromatic heterocycles. The van der Waals surface area contributed by atoms with Gasteiger partial charge in [0, 0.05) is 11.4 Å². The zero-order valence-electron chi connectivity index (χ0n) is 14.6. The highest BCUT2D eigenvalue weighted by Gasteiger charge is 2.44. The lowest BCUT2D eigenvalue weighted by molar-refractivity contribution is -0.0511. The number of nitrogens with zero attached hydrogens (tertiary/aromatic N) is 4. The number of aliphatic hydroxyl groups excluding tert-OH is 3. The normalized spacial score (nSPS) is 24.9. The number of nitrogen functional groups attached to an aromatic ring is 1. The van der Waals surface area contributed by atoms with Crippen LogP contribution in [0.4, 0.5) is 11.8 Å². The number of aromatic nitrogens is 4. The Morgan fingerprint density at radius 1 is 1.29 bits per heavy atom. The fourth-order valence-corrected chi connectivity index (χ4v) is 4.58. The van der Waals surface area contributed by atoms with E-state index >= 15 is 0 Å². The lowest BCUT2D eigenvalue weighted by Crippen LogP contribution is -2.33. The van der Waals surface area contributed by atoms with Crippen LogP contribution in [0.3, 0.4) is 0 Å². The van der Waals surface area contributed by atoms with E-state index in [0.29, 0.717) is 23.7 Å². The number of nitrogens with two attached hydrogens (primary N) is 1. The molecule has 3 aromatic rings. The Balaban J connectivity index is 1.56. The third-order valence-corrected chi connectivity index (χ3v) is 6.21. The van der Waals surface area contributed by atoms with E-state index in [1.807, 2.05) is 12.1 Å². The molecule has 0 saturated carbocycles. The second-order valence-corrected chi connectivity index (χ2v) is 8.92. The van der Waals surface area contributed by atoms with Crippen molar-refractivity contribution in [3.63, 3.8) is 0 Å². The summed E-state index contributed by atoms with van der Waals surface area (Å²) in [5.41, 5.74) is 6.74. The summed E-state index contributed by atoms with van der Waals surface area (Å²) >= 11 is 5.10. The van der Waals surface area contributed by atoms with Gasteiger partial charge in [0.25, 0.3) is 0 Å². The number of imidazole rings is 1. The lowest BCUT2D eigenvalue weighted by atomic mass is 10.1. The highest BCUT2D eigenvalue weighted by Crippen LogP contribution is 2.32. The number of anilines is 2. The molecule has 1 aliphatic heterocycles. The van der Waals surface area contributed by atoms with Gasteiger partial charge in [-0.15, -0.1) is 11.3 Å². The molecule has 12 heteroatoms. The number of halogens is 1. The van der Waals surface area contributed by atoms with Crippen molar-refractivity contribution in [2.45, 2.75) is 31.0 Å². The SMILES string of the molecule is Nc1nc(NCCc2ccc(Br)s2)nc2c1ncn2[C@@H]1O[C@H](CO)[C@@H](O)[C@H]1O. The highest BCUT2D eigenvalue weighted by atomic mass is 79.9. The molecule has 0 aliphatic carbocycles. The number of fused-ring (bicyclic) bond motifs is 1. The Morgan fingerprint density at radius 3 is 2.79 bits per heavy atom. The van der Waals surface area contributed by atoms with E-state index in [9.17, 15) is 15.3 Å². The highest BCUT2D eigenvalue weighted by molar-refractivity contribution is 9.11. The fraction of sp³-hybridized carbons (Fsp3) is 0.438. The van der Waals surface area contributed by atoms with E-state index in [1.165, 1.54) is 15.8 Å². The van der Waals surface area contributed by atoms with E-state index < -0.39 is 31.1 Å². The average molecular weight is 471 g/mol. The minimum atomic E-state index is -1.24. The molecule has 10 nitrogen and oxygen atoms in total. The molecule has 0 aromatic carbocycles. The molecule has 150 valence electrons. The van der Waals surface area contributed by atoms with Gasteiger partial charge in [-0.2, -0.15) is 9.97 Å². The van der Waals surface area contributed by atoms with Gasteiger partial charge in [0.2, 0.25) is 5.95 Å². The number of rotatable bonds is 6. The second-order valence-electron chi connectivity index (χ2n) is 6.37.